The van der Waals surface area contributed by atoms with Crippen LogP contribution in [0.15, 0.2) is 28.8 Å². The average Bonchev–Trinajstić information content (AvgIpc) is 3.31. The number of hydrogen-bond acceptors (Lipinski definition) is 5. The molecule has 1 aliphatic carbocycles. The number of benzene rings is 1. The van der Waals surface area contributed by atoms with Gasteiger partial charge in [0, 0.05) is 18.7 Å². The zero-order valence-electron chi connectivity index (χ0n) is 14.0. The SMILES string of the molecule is O=C(O)C1(C(=O)N2CCC[C@H](c3nc(-c4cccc(F)c4)no3)C2)CC1. The molecular formula is C18H18FN3O4. The molecule has 136 valence electrons. The Morgan fingerprint density at radius 3 is 2.85 bits per heavy atom. The second-order valence-corrected chi connectivity index (χ2v) is 6.94. The van der Waals surface area contributed by atoms with Crippen molar-refractivity contribution in [2.24, 2.45) is 5.41 Å². The number of carbonyl (C=O) groups excluding carboxylic acids is 1. The minimum Gasteiger partial charge on any atom is -0.480 e. The highest BCUT2D eigenvalue weighted by atomic mass is 19.1. The van der Waals surface area contributed by atoms with Crippen molar-refractivity contribution in [2.75, 3.05) is 13.1 Å². The van der Waals surface area contributed by atoms with Crippen LogP contribution >= 0.6 is 0 Å². The first-order chi connectivity index (χ1) is 12.5. The molecule has 8 heteroatoms. The van der Waals surface area contributed by atoms with Crippen molar-refractivity contribution in [1.29, 1.82) is 0 Å². The van der Waals surface area contributed by atoms with E-state index in [1.165, 1.54) is 12.1 Å². The molecule has 26 heavy (non-hydrogen) atoms. The number of hydrogen-bond donors (Lipinski definition) is 1. The van der Waals surface area contributed by atoms with Gasteiger partial charge in [-0.1, -0.05) is 17.3 Å². The van der Waals surface area contributed by atoms with E-state index in [2.05, 4.69) is 10.1 Å². The van der Waals surface area contributed by atoms with Crippen molar-refractivity contribution in [3.8, 4) is 11.4 Å². The molecule has 2 heterocycles. The number of likely N-dealkylation sites (tertiary alicyclic amines) is 1. The Morgan fingerprint density at radius 2 is 2.15 bits per heavy atom. The fourth-order valence-electron chi connectivity index (χ4n) is 3.46. The maximum atomic E-state index is 13.4. The third-order valence-electron chi connectivity index (χ3n) is 5.15. The molecule has 0 bridgehead atoms. The van der Waals surface area contributed by atoms with Gasteiger partial charge in [-0.15, -0.1) is 0 Å². The van der Waals surface area contributed by atoms with E-state index >= 15 is 0 Å². The molecule has 1 N–H and O–H groups in total. The summed E-state index contributed by atoms with van der Waals surface area (Å²) in [7, 11) is 0. The maximum absolute atomic E-state index is 13.4. The third kappa shape index (κ3) is 2.85. The van der Waals surface area contributed by atoms with Gasteiger partial charge in [0.15, 0.2) is 0 Å². The summed E-state index contributed by atoms with van der Waals surface area (Å²) >= 11 is 0. The van der Waals surface area contributed by atoms with E-state index in [-0.39, 0.29) is 17.6 Å². The zero-order chi connectivity index (χ0) is 18.3. The molecule has 1 aliphatic heterocycles. The number of aliphatic carboxylic acids is 1. The van der Waals surface area contributed by atoms with Gasteiger partial charge in [0.05, 0.1) is 5.92 Å². The molecule has 1 aromatic carbocycles. The fraction of sp³-hybridized carbons (Fsp3) is 0.444. The van der Waals surface area contributed by atoms with Gasteiger partial charge < -0.3 is 14.5 Å². The Kier molecular flexibility index (Phi) is 3.97. The van der Waals surface area contributed by atoms with Gasteiger partial charge in [-0.25, -0.2) is 4.39 Å². The predicted octanol–water partition coefficient (Wildman–Crippen LogP) is 2.45. The molecule has 1 amide bonds. The number of rotatable bonds is 4. The Morgan fingerprint density at radius 1 is 1.35 bits per heavy atom. The summed E-state index contributed by atoms with van der Waals surface area (Å²) in [6.07, 6.45) is 2.30. The van der Waals surface area contributed by atoms with Crippen LogP contribution in [0.25, 0.3) is 11.4 Å². The van der Waals surface area contributed by atoms with Crippen LogP contribution in [0.5, 0.6) is 0 Å². The lowest BCUT2D eigenvalue weighted by Crippen LogP contribution is -2.45. The van der Waals surface area contributed by atoms with Gasteiger partial charge in [-0.2, -0.15) is 4.98 Å². The van der Waals surface area contributed by atoms with Crippen molar-refractivity contribution in [3.63, 3.8) is 0 Å². The highest BCUT2D eigenvalue weighted by Gasteiger charge is 2.58. The Labute approximate surface area is 148 Å². The van der Waals surface area contributed by atoms with E-state index in [9.17, 15) is 19.1 Å². The molecule has 1 aromatic heterocycles. The number of aromatic nitrogens is 2. The van der Waals surface area contributed by atoms with Crippen LogP contribution in [0.2, 0.25) is 0 Å². The van der Waals surface area contributed by atoms with Crippen molar-refractivity contribution >= 4 is 11.9 Å². The second kappa shape index (κ2) is 6.19. The number of piperidine rings is 1. The molecule has 2 fully saturated rings. The standard InChI is InChI=1S/C18H18FN3O4/c19-13-5-1-3-11(9-13)14-20-15(26-21-14)12-4-2-8-22(10-12)16(23)18(6-7-18)17(24)25/h1,3,5,9,12H,2,4,6-8,10H2,(H,24,25)/t12-/m0/s1. The molecule has 0 radical (unpaired) electrons. The lowest BCUT2D eigenvalue weighted by atomic mass is 9.95. The molecule has 2 aliphatic rings. The summed E-state index contributed by atoms with van der Waals surface area (Å²) < 4.78 is 18.7. The highest BCUT2D eigenvalue weighted by Crippen LogP contribution is 2.48. The first kappa shape index (κ1) is 16.7. The molecule has 0 unspecified atom stereocenters. The van der Waals surface area contributed by atoms with E-state index in [1.54, 1.807) is 17.0 Å². The summed E-state index contributed by atoms with van der Waals surface area (Å²) in [6, 6.07) is 5.93. The zero-order valence-corrected chi connectivity index (χ0v) is 14.0. The summed E-state index contributed by atoms with van der Waals surface area (Å²) in [5.74, 6) is -1.21. The van der Waals surface area contributed by atoms with Crippen molar-refractivity contribution in [1.82, 2.24) is 15.0 Å². The summed E-state index contributed by atoms with van der Waals surface area (Å²) in [5.41, 5.74) is -0.713. The lowest BCUT2D eigenvalue weighted by molar-refractivity contribution is -0.154. The topological polar surface area (TPSA) is 96.5 Å². The number of carboxylic acids is 1. The van der Waals surface area contributed by atoms with Gasteiger partial charge in [0.25, 0.3) is 0 Å². The van der Waals surface area contributed by atoms with Gasteiger partial charge in [0.1, 0.15) is 11.2 Å². The van der Waals surface area contributed by atoms with E-state index in [1.807, 2.05) is 0 Å². The van der Waals surface area contributed by atoms with Gasteiger partial charge in [0.2, 0.25) is 17.6 Å². The van der Waals surface area contributed by atoms with Crippen LogP contribution in [0.4, 0.5) is 4.39 Å². The first-order valence-corrected chi connectivity index (χ1v) is 8.62. The van der Waals surface area contributed by atoms with Gasteiger partial charge in [-0.3, -0.25) is 9.59 Å². The average molecular weight is 359 g/mol. The van der Waals surface area contributed by atoms with Crippen LogP contribution in [-0.4, -0.2) is 45.1 Å². The monoisotopic (exact) mass is 359 g/mol. The molecule has 2 aromatic rings. The Balaban J connectivity index is 1.50. The van der Waals surface area contributed by atoms with E-state index in [0.29, 0.717) is 43.2 Å². The number of amides is 1. The molecule has 7 nitrogen and oxygen atoms in total. The third-order valence-corrected chi connectivity index (χ3v) is 5.15. The minimum absolute atomic E-state index is 0.146. The first-order valence-electron chi connectivity index (χ1n) is 8.62. The van der Waals surface area contributed by atoms with Crippen molar-refractivity contribution in [2.45, 2.75) is 31.6 Å². The van der Waals surface area contributed by atoms with E-state index in [4.69, 9.17) is 4.52 Å². The van der Waals surface area contributed by atoms with Crippen LogP contribution in [0, 0.1) is 11.2 Å². The molecule has 1 saturated carbocycles. The van der Waals surface area contributed by atoms with Crippen LogP contribution < -0.4 is 0 Å². The Hall–Kier alpha value is -2.77. The van der Waals surface area contributed by atoms with Crippen molar-refractivity contribution < 1.29 is 23.6 Å². The molecule has 1 atom stereocenters. The van der Waals surface area contributed by atoms with Crippen LogP contribution in [-0.2, 0) is 9.59 Å². The van der Waals surface area contributed by atoms with Gasteiger partial charge >= 0.3 is 5.97 Å². The van der Waals surface area contributed by atoms with Crippen LogP contribution in [0.1, 0.15) is 37.5 Å². The maximum Gasteiger partial charge on any atom is 0.319 e. The van der Waals surface area contributed by atoms with E-state index < -0.39 is 11.4 Å². The fourth-order valence-corrected chi connectivity index (χ4v) is 3.46. The quantitative estimate of drug-likeness (QED) is 0.843. The molecule has 1 saturated heterocycles. The molecular weight excluding hydrogens is 341 g/mol. The Bertz CT molecular complexity index is 862. The number of carbonyl (C=O) groups is 2. The molecule has 4 rings (SSSR count). The summed E-state index contributed by atoms with van der Waals surface area (Å²) in [6.45, 7) is 0.897. The number of nitrogens with zero attached hydrogens (tertiary/aromatic N) is 3. The second-order valence-electron chi connectivity index (χ2n) is 6.94. The predicted molar refractivity (Wildman–Crippen MR) is 87.5 cm³/mol. The summed E-state index contributed by atoms with van der Waals surface area (Å²) in [5, 5.41) is 13.2. The van der Waals surface area contributed by atoms with Gasteiger partial charge in [-0.05, 0) is 37.8 Å². The van der Waals surface area contributed by atoms with Crippen LogP contribution in [0.3, 0.4) is 0 Å². The largest absolute Gasteiger partial charge is 0.480 e. The van der Waals surface area contributed by atoms with E-state index in [0.717, 1.165) is 12.8 Å². The molecule has 0 spiro atoms. The normalized spacial score (nSPS) is 21.4. The summed E-state index contributed by atoms with van der Waals surface area (Å²) in [4.78, 5) is 29.9. The minimum atomic E-state index is -1.23. The van der Waals surface area contributed by atoms with Crippen molar-refractivity contribution in [3.05, 3.63) is 36.0 Å². The lowest BCUT2D eigenvalue weighted by Gasteiger charge is -2.32. The highest BCUT2D eigenvalue weighted by molar-refractivity contribution is 6.04. The number of halogens is 1. The smallest absolute Gasteiger partial charge is 0.319 e. The number of carboxylic acid groups (broad SMARTS) is 1.